The summed E-state index contributed by atoms with van der Waals surface area (Å²) in [4.78, 5) is 69.9. The molecule has 5 aliphatic rings. The van der Waals surface area contributed by atoms with Gasteiger partial charge in [0.2, 0.25) is 11.8 Å². The Hall–Kier alpha value is -5.74. The largest absolute Gasteiger partial charge is 0.492 e. The van der Waals surface area contributed by atoms with E-state index in [4.69, 9.17) is 9.47 Å². The molecule has 3 aromatic carbocycles. The quantitative estimate of drug-likeness (QED) is 0.221. The van der Waals surface area contributed by atoms with E-state index in [1.54, 1.807) is 18.2 Å². The predicted octanol–water partition coefficient (Wildman–Crippen LogP) is 5.95. The number of nitrogens with one attached hydrogen (secondary N) is 2. The van der Waals surface area contributed by atoms with E-state index in [0.717, 1.165) is 79.3 Å². The number of carbonyl (C=O) groups is 5. The van der Waals surface area contributed by atoms with E-state index in [-0.39, 0.29) is 58.9 Å². The van der Waals surface area contributed by atoms with Crippen molar-refractivity contribution in [1.29, 1.82) is 5.26 Å². The maximum Gasteiger partial charge on any atom is 0.262 e. The number of nitrogens with zero attached hydrogens (tertiary/aromatic N) is 4. The highest BCUT2D eigenvalue weighted by Gasteiger charge is 2.64. The summed E-state index contributed by atoms with van der Waals surface area (Å²) in [6.07, 6.45) is 4.29. The molecule has 61 heavy (non-hydrogen) atoms. The van der Waals surface area contributed by atoms with Crippen LogP contribution in [0.3, 0.4) is 0 Å². The highest BCUT2D eigenvalue weighted by molar-refractivity contribution is 6.23. The molecule has 1 saturated carbocycles. The zero-order chi connectivity index (χ0) is 43.4. The Kier molecular flexibility index (Phi) is 11.2. The lowest BCUT2D eigenvalue weighted by Gasteiger charge is -2.63. The maximum atomic E-state index is 13.6. The predicted molar refractivity (Wildman–Crippen MR) is 228 cm³/mol. The molecule has 0 aromatic heterocycles. The first-order valence-corrected chi connectivity index (χ1v) is 21.6. The third-order valence-corrected chi connectivity index (χ3v) is 13.9. The van der Waals surface area contributed by atoms with Crippen molar-refractivity contribution in [2.75, 3.05) is 37.7 Å². The van der Waals surface area contributed by atoms with E-state index < -0.39 is 29.7 Å². The van der Waals surface area contributed by atoms with Crippen LogP contribution in [0.5, 0.6) is 11.5 Å². The Morgan fingerprint density at radius 3 is 2.18 bits per heavy atom. The summed E-state index contributed by atoms with van der Waals surface area (Å²) in [5.41, 5.74) is 4.02. The number of aryl methyl sites for hydroxylation is 2. The molecule has 1 unspecified atom stereocenters. The second kappa shape index (κ2) is 16.3. The van der Waals surface area contributed by atoms with Gasteiger partial charge in [0, 0.05) is 60.2 Å². The van der Waals surface area contributed by atoms with Crippen LogP contribution in [0.4, 0.5) is 5.69 Å². The molecule has 4 heterocycles. The van der Waals surface area contributed by atoms with Crippen LogP contribution in [0.2, 0.25) is 0 Å². The summed E-state index contributed by atoms with van der Waals surface area (Å²) < 4.78 is 12.8. The van der Waals surface area contributed by atoms with Crippen molar-refractivity contribution in [2.24, 2.45) is 16.7 Å². The summed E-state index contributed by atoms with van der Waals surface area (Å²) >= 11 is 0. The standard InChI is InChI=1S/C48H56N6O7/c1-28-22-35(23-29(2)38(28)25-49)61-46-47(3,4)45(48(46,5)6)51-41(56)31-9-11-32(12-10-31)52-20-17-30(18-21-52)26-53-19-7-8-33(53)27-60-34-13-14-36-37(24-34)44(59)54(43(36)58)39-15-16-40(55)50-42(39)57/h9-14,22-24,30,33,39,45-46H,7-8,15-21,26-27H2,1-6H3,(H,51,56)(H,50,55,57)/t33-,39?,45?,46?/m1/s1. The maximum absolute atomic E-state index is 13.6. The number of likely N-dealkylation sites (tertiary alicyclic amines) is 1. The molecule has 4 aliphatic heterocycles. The van der Waals surface area contributed by atoms with E-state index in [1.807, 2.05) is 38.1 Å². The lowest BCUT2D eigenvalue weighted by molar-refractivity contribution is -0.164. The third-order valence-electron chi connectivity index (χ3n) is 13.9. The van der Waals surface area contributed by atoms with Crippen molar-refractivity contribution in [3.8, 4) is 17.6 Å². The van der Waals surface area contributed by atoms with Crippen LogP contribution in [0, 0.1) is 41.9 Å². The zero-order valence-corrected chi connectivity index (χ0v) is 36.0. The molecule has 0 radical (unpaired) electrons. The number of rotatable bonds is 11. The van der Waals surface area contributed by atoms with Crippen molar-refractivity contribution < 1.29 is 33.4 Å². The molecular weight excluding hydrogens is 773 g/mol. The van der Waals surface area contributed by atoms with Gasteiger partial charge in [0.05, 0.1) is 22.8 Å². The van der Waals surface area contributed by atoms with Crippen molar-refractivity contribution in [3.63, 3.8) is 0 Å². The van der Waals surface area contributed by atoms with Crippen LogP contribution in [0.15, 0.2) is 54.6 Å². The van der Waals surface area contributed by atoms with Crippen LogP contribution in [0.1, 0.15) is 114 Å². The molecule has 1 aliphatic carbocycles. The minimum absolute atomic E-state index is 0.0751. The highest BCUT2D eigenvalue weighted by Crippen LogP contribution is 2.55. The van der Waals surface area contributed by atoms with Gasteiger partial charge in [-0.15, -0.1) is 0 Å². The van der Waals surface area contributed by atoms with Crippen molar-refractivity contribution in [2.45, 2.75) is 104 Å². The first kappa shape index (κ1) is 42.0. The van der Waals surface area contributed by atoms with Crippen LogP contribution in [-0.2, 0) is 9.59 Å². The van der Waals surface area contributed by atoms with Crippen LogP contribution >= 0.6 is 0 Å². The minimum Gasteiger partial charge on any atom is -0.492 e. The number of carbonyl (C=O) groups excluding carboxylic acids is 5. The lowest BCUT2D eigenvalue weighted by atomic mass is 9.49. The van der Waals surface area contributed by atoms with E-state index in [1.165, 1.54) is 0 Å². The topological polar surface area (TPSA) is 161 Å². The molecule has 13 nitrogen and oxygen atoms in total. The van der Waals surface area contributed by atoms with E-state index in [9.17, 15) is 29.2 Å². The summed E-state index contributed by atoms with van der Waals surface area (Å²) in [7, 11) is 0. The van der Waals surface area contributed by atoms with E-state index in [2.05, 4.69) is 66.3 Å². The molecule has 320 valence electrons. The molecule has 0 spiro atoms. The van der Waals surface area contributed by atoms with Crippen molar-refractivity contribution in [3.05, 3.63) is 88.0 Å². The average Bonchev–Trinajstić information content (AvgIpc) is 3.77. The zero-order valence-electron chi connectivity index (χ0n) is 36.0. The Morgan fingerprint density at radius 1 is 0.852 bits per heavy atom. The molecular formula is C48H56N6O7. The second-order valence-corrected chi connectivity index (χ2v) is 18.8. The number of imide groups is 2. The van der Waals surface area contributed by atoms with Gasteiger partial charge in [0.15, 0.2) is 0 Å². The average molecular weight is 829 g/mol. The van der Waals surface area contributed by atoms with Gasteiger partial charge in [-0.25, -0.2) is 0 Å². The minimum atomic E-state index is -1.00. The van der Waals surface area contributed by atoms with Crippen LogP contribution < -0.4 is 25.0 Å². The normalized spacial score (nSPS) is 24.8. The van der Waals surface area contributed by atoms with Gasteiger partial charge in [-0.1, -0.05) is 27.7 Å². The molecule has 3 saturated heterocycles. The molecule has 5 amide bonds. The highest BCUT2D eigenvalue weighted by atomic mass is 16.5. The fourth-order valence-electron chi connectivity index (χ4n) is 10.9. The monoisotopic (exact) mass is 828 g/mol. The number of benzene rings is 3. The number of nitriles is 1. The molecule has 2 atom stereocenters. The molecule has 3 aromatic rings. The molecule has 13 heteroatoms. The third kappa shape index (κ3) is 7.87. The first-order chi connectivity index (χ1) is 29.1. The molecule has 0 bridgehead atoms. The number of anilines is 1. The van der Waals surface area contributed by atoms with Crippen molar-refractivity contribution in [1.82, 2.24) is 20.4 Å². The number of fused-ring (bicyclic) bond motifs is 1. The second-order valence-electron chi connectivity index (χ2n) is 18.8. The molecule has 4 fully saturated rings. The summed E-state index contributed by atoms with van der Waals surface area (Å²) in [6.45, 7) is 16.7. The fourth-order valence-corrected chi connectivity index (χ4v) is 10.9. The van der Waals surface area contributed by atoms with Gasteiger partial charge in [-0.2, -0.15) is 5.26 Å². The van der Waals surface area contributed by atoms with E-state index >= 15 is 0 Å². The number of hydrogen-bond donors (Lipinski definition) is 2. The lowest BCUT2D eigenvalue weighted by Crippen LogP contribution is -2.74. The smallest absolute Gasteiger partial charge is 0.262 e. The Morgan fingerprint density at radius 2 is 1.52 bits per heavy atom. The fraction of sp³-hybridized carbons (Fsp3) is 0.500. The Labute approximate surface area is 357 Å². The van der Waals surface area contributed by atoms with Gasteiger partial charge in [-0.05, 0) is 124 Å². The number of hydrogen-bond acceptors (Lipinski definition) is 10. The SMILES string of the molecule is Cc1cc(OC2C(C)(C)C(NC(=O)c3ccc(N4CCC(CN5CCC[C@@H]5COc5ccc6c(c5)C(=O)N(C5CCC(=O)NC5=O)C6=O)CC4)cc3)C2(C)C)cc(C)c1C#N. The number of ether oxygens (including phenoxy) is 2. The number of piperidine rings is 2. The summed E-state index contributed by atoms with van der Waals surface area (Å²) in [5.74, 6) is -0.397. The summed E-state index contributed by atoms with van der Waals surface area (Å²) in [6, 6.07) is 18.1. The van der Waals surface area contributed by atoms with Crippen molar-refractivity contribution >= 4 is 35.2 Å². The first-order valence-electron chi connectivity index (χ1n) is 21.6. The Bertz CT molecular complexity index is 2270. The van der Waals surface area contributed by atoms with Gasteiger partial charge in [-0.3, -0.25) is 39.1 Å². The Balaban J connectivity index is 0.802. The van der Waals surface area contributed by atoms with Crippen LogP contribution in [0.25, 0.3) is 0 Å². The van der Waals surface area contributed by atoms with Gasteiger partial charge in [0.25, 0.3) is 17.7 Å². The van der Waals surface area contributed by atoms with E-state index in [0.29, 0.717) is 29.4 Å². The van der Waals surface area contributed by atoms with Crippen LogP contribution in [-0.4, -0.2) is 96.4 Å². The molecule has 2 N–H and O–H groups in total. The van der Waals surface area contributed by atoms with Gasteiger partial charge >= 0.3 is 0 Å². The number of amides is 5. The van der Waals surface area contributed by atoms with Gasteiger partial charge in [0.1, 0.15) is 30.3 Å². The van der Waals surface area contributed by atoms with Gasteiger partial charge < -0.3 is 19.7 Å². The molecule has 8 rings (SSSR count). The summed E-state index contributed by atoms with van der Waals surface area (Å²) in [5, 5.41) is 15.0.